The van der Waals surface area contributed by atoms with E-state index in [-0.39, 0.29) is 5.91 Å². The normalized spacial score (nSPS) is 21.0. The van der Waals surface area contributed by atoms with Crippen molar-refractivity contribution in [2.75, 3.05) is 13.1 Å². The van der Waals surface area contributed by atoms with Crippen LogP contribution in [0.1, 0.15) is 25.3 Å². The van der Waals surface area contributed by atoms with Gasteiger partial charge < -0.3 is 14.6 Å². The number of aliphatic carboxylic acids is 1. The first-order valence-electron chi connectivity index (χ1n) is 7.95. The maximum atomic E-state index is 12.4. The lowest BCUT2D eigenvalue weighted by Crippen LogP contribution is -2.34. The lowest BCUT2D eigenvalue weighted by Gasteiger charge is -2.20. The number of rotatable bonds is 4. The number of amides is 1. The molecule has 1 saturated heterocycles. The number of para-hydroxylation sites is 1. The van der Waals surface area contributed by atoms with Crippen LogP contribution in [0, 0.1) is 5.41 Å². The average molecular weight is 314 g/mol. The van der Waals surface area contributed by atoms with E-state index in [4.69, 9.17) is 0 Å². The van der Waals surface area contributed by atoms with E-state index in [2.05, 4.69) is 22.9 Å². The van der Waals surface area contributed by atoms with Crippen molar-refractivity contribution < 1.29 is 14.7 Å². The molecule has 2 heterocycles. The van der Waals surface area contributed by atoms with Gasteiger partial charge in [-0.25, -0.2) is 0 Å². The molecule has 5 heteroatoms. The van der Waals surface area contributed by atoms with Gasteiger partial charge in [-0.3, -0.25) is 9.59 Å². The number of carbonyl (C=O) groups is 2. The summed E-state index contributed by atoms with van der Waals surface area (Å²) in [7, 11) is 2.01. The predicted molar refractivity (Wildman–Crippen MR) is 88.2 cm³/mol. The van der Waals surface area contributed by atoms with Crippen molar-refractivity contribution >= 4 is 22.8 Å². The van der Waals surface area contributed by atoms with E-state index in [1.165, 1.54) is 5.39 Å². The molecule has 5 nitrogen and oxygen atoms in total. The number of hydrogen-bond donors (Lipinski definition) is 1. The fourth-order valence-corrected chi connectivity index (χ4v) is 3.37. The minimum Gasteiger partial charge on any atom is -0.481 e. The Morgan fingerprint density at radius 2 is 2.04 bits per heavy atom. The molecule has 1 aromatic carbocycles. The summed E-state index contributed by atoms with van der Waals surface area (Å²) in [5.41, 5.74) is 1.53. The van der Waals surface area contributed by atoms with Crippen molar-refractivity contribution in [2.24, 2.45) is 12.5 Å². The van der Waals surface area contributed by atoms with E-state index >= 15 is 0 Å². The van der Waals surface area contributed by atoms with Gasteiger partial charge in [0.2, 0.25) is 5.91 Å². The first-order chi connectivity index (χ1) is 10.9. The highest BCUT2D eigenvalue weighted by Gasteiger charge is 2.41. The van der Waals surface area contributed by atoms with Crippen molar-refractivity contribution in [2.45, 2.75) is 26.2 Å². The predicted octanol–water partition coefficient (Wildman–Crippen LogP) is 2.43. The number of aryl methyl sites for hydroxylation is 2. The Labute approximate surface area is 135 Å². The Bertz CT molecular complexity index is 765. The van der Waals surface area contributed by atoms with Crippen molar-refractivity contribution in [3.05, 3.63) is 36.0 Å². The Morgan fingerprint density at radius 3 is 2.74 bits per heavy atom. The highest BCUT2D eigenvalue weighted by atomic mass is 16.4. The third-order valence-electron chi connectivity index (χ3n) is 4.93. The first kappa shape index (κ1) is 15.6. The molecule has 1 amide bonds. The number of benzene rings is 1. The SMILES string of the molecule is Cn1cc(CCC(=O)N2CC[C@@](C)(C(=O)O)C2)c2ccccc21. The van der Waals surface area contributed by atoms with Crippen LogP contribution < -0.4 is 0 Å². The molecule has 0 spiro atoms. The Hall–Kier alpha value is -2.30. The highest BCUT2D eigenvalue weighted by Crippen LogP contribution is 2.30. The second kappa shape index (κ2) is 5.72. The monoisotopic (exact) mass is 314 g/mol. The van der Waals surface area contributed by atoms with Gasteiger partial charge in [-0.2, -0.15) is 0 Å². The molecule has 1 N–H and O–H groups in total. The fraction of sp³-hybridized carbons (Fsp3) is 0.444. The van der Waals surface area contributed by atoms with Crippen molar-refractivity contribution in [3.8, 4) is 0 Å². The van der Waals surface area contributed by atoms with Crippen molar-refractivity contribution in [1.29, 1.82) is 0 Å². The average Bonchev–Trinajstić information content (AvgIpc) is 3.08. The van der Waals surface area contributed by atoms with Crippen LogP contribution in [0.3, 0.4) is 0 Å². The van der Waals surface area contributed by atoms with Gasteiger partial charge in [0.05, 0.1) is 5.41 Å². The van der Waals surface area contributed by atoms with Gasteiger partial charge in [-0.1, -0.05) is 18.2 Å². The molecule has 3 rings (SSSR count). The molecule has 2 aromatic rings. The van der Waals surface area contributed by atoms with Crippen LogP contribution >= 0.6 is 0 Å². The summed E-state index contributed by atoms with van der Waals surface area (Å²) in [5, 5.41) is 10.4. The molecule has 0 saturated carbocycles. The lowest BCUT2D eigenvalue weighted by molar-refractivity contribution is -0.147. The van der Waals surface area contributed by atoms with Crippen LogP contribution in [0.5, 0.6) is 0 Å². The zero-order valence-electron chi connectivity index (χ0n) is 13.6. The van der Waals surface area contributed by atoms with E-state index in [1.807, 2.05) is 19.2 Å². The van der Waals surface area contributed by atoms with E-state index in [0.717, 1.165) is 11.1 Å². The summed E-state index contributed by atoms with van der Waals surface area (Å²) >= 11 is 0. The number of nitrogens with zero attached hydrogens (tertiary/aromatic N) is 2. The molecular weight excluding hydrogens is 292 g/mol. The van der Waals surface area contributed by atoms with Gasteiger partial charge in [0, 0.05) is 43.7 Å². The van der Waals surface area contributed by atoms with Gasteiger partial charge in [-0.15, -0.1) is 0 Å². The second-order valence-electron chi connectivity index (χ2n) is 6.71. The molecule has 1 aliphatic heterocycles. The summed E-state index contributed by atoms with van der Waals surface area (Å²) in [6, 6.07) is 8.16. The van der Waals surface area contributed by atoms with Gasteiger partial charge in [-0.05, 0) is 31.4 Å². The molecule has 0 bridgehead atoms. The fourth-order valence-electron chi connectivity index (χ4n) is 3.37. The lowest BCUT2D eigenvalue weighted by atomic mass is 9.90. The van der Waals surface area contributed by atoms with E-state index in [0.29, 0.717) is 32.4 Å². The van der Waals surface area contributed by atoms with Gasteiger partial charge in [0.15, 0.2) is 0 Å². The Kier molecular flexibility index (Phi) is 3.88. The van der Waals surface area contributed by atoms with Crippen LogP contribution in [-0.2, 0) is 23.1 Å². The molecule has 0 radical (unpaired) electrons. The van der Waals surface area contributed by atoms with Gasteiger partial charge >= 0.3 is 5.97 Å². The van der Waals surface area contributed by atoms with Crippen LogP contribution in [0.15, 0.2) is 30.5 Å². The summed E-state index contributed by atoms with van der Waals surface area (Å²) in [6.45, 7) is 2.57. The van der Waals surface area contributed by atoms with E-state index < -0.39 is 11.4 Å². The maximum absolute atomic E-state index is 12.4. The number of hydrogen-bond acceptors (Lipinski definition) is 2. The first-order valence-corrected chi connectivity index (χ1v) is 7.95. The topological polar surface area (TPSA) is 62.5 Å². The number of fused-ring (bicyclic) bond motifs is 1. The zero-order chi connectivity index (χ0) is 16.6. The summed E-state index contributed by atoms with van der Waals surface area (Å²) in [5.74, 6) is -0.773. The quantitative estimate of drug-likeness (QED) is 0.943. The Balaban J connectivity index is 1.66. The third kappa shape index (κ3) is 2.83. The molecule has 1 aliphatic rings. The Morgan fingerprint density at radius 1 is 1.30 bits per heavy atom. The maximum Gasteiger partial charge on any atom is 0.311 e. The molecule has 122 valence electrons. The zero-order valence-corrected chi connectivity index (χ0v) is 13.6. The molecule has 0 aliphatic carbocycles. The minimum atomic E-state index is -0.818. The molecule has 1 atom stereocenters. The number of carboxylic acid groups (broad SMARTS) is 1. The van der Waals surface area contributed by atoms with Gasteiger partial charge in [0.25, 0.3) is 0 Å². The van der Waals surface area contributed by atoms with Crippen LogP contribution in [0.2, 0.25) is 0 Å². The third-order valence-corrected chi connectivity index (χ3v) is 4.93. The molecular formula is C18H22N2O3. The minimum absolute atomic E-state index is 0.0444. The smallest absolute Gasteiger partial charge is 0.311 e. The summed E-state index contributed by atoms with van der Waals surface area (Å²) < 4.78 is 2.08. The van der Waals surface area contributed by atoms with E-state index in [1.54, 1.807) is 11.8 Å². The molecule has 1 fully saturated rings. The molecule has 1 aromatic heterocycles. The van der Waals surface area contributed by atoms with Crippen molar-refractivity contribution in [1.82, 2.24) is 9.47 Å². The molecule has 0 unspecified atom stereocenters. The van der Waals surface area contributed by atoms with Crippen molar-refractivity contribution in [3.63, 3.8) is 0 Å². The summed E-state index contributed by atoms with van der Waals surface area (Å²) in [6.07, 6.45) is 3.70. The second-order valence-corrected chi connectivity index (χ2v) is 6.71. The number of carboxylic acids is 1. The number of carbonyl (C=O) groups excluding carboxylic acids is 1. The van der Waals surface area contributed by atoms with Crippen LogP contribution in [0.4, 0.5) is 0 Å². The van der Waals surface area contributed by atoms with E-state index in [9.17, 15) is 14.7 Å². The van der Waals surface area contributed by atoms with Crippen LogP contribution in [0.25, 0.3) is 10.9 Å². The standard InChI is InChI=1S/C18H22N2O3/c1-18(17(22)23)9-10-20(12-18)16(21)8-7-13-11-19(2)15-6-4-3-5-14(13)15/h3-6,11H,7-10,12H2,1-2H3,(H,22,23)/t18-/m1/s1. The number of aromatic nitrogens is 1. The largest absolute Gasteiger partial charge is 0.481 e. The van der Waals surface area contributed by atoms with Gasteiger partial charge in [0.1, 0.15) is 0 Å². The molecule has 23 heavy (non-hydrogen) atoms. The number of likely N-dealkylation sites (tertiary alicyclic amines) is 1. The highest BCUT2D eigenvalue weighted by molar-refractivity contribution is 5.85. The summed E-state index contributed by atoms with van der Waals surface area (Å²) in [4.78, 5) is 25.4. The van der Waals surface area contributed by atoms with Crippen LogP contribution in [-0.4, -0.2) is 39.5 Å².